The van der Waals surface area contributed by atoms with Crippen molar-refractivity contribution < 1.29 is 5.11 Å². The molecule has 9 heavy (non-hydrogen) atoms. The molecule has 2 nitrogen and oxygen atoms in total. The van der Waals surface area contributed by atoms with Crippen LogP contribution in [0.1, 0.15) is 13.8 Å². The highest BCUT2D eigenvalue weighted by Crippen LogP contribution is 2.11. The fraction of sp³-hybridized carbons (Fsp3) is 0.500. The summed E-state index contributed by atoms with van der Waals surface area (Å²) in [5.74, 6) is 0. The van der Waals surface area contributed by atoms with E-state index in [1.807, 2.05) is 13.8 Å². The molecule has 0 aromatic heterocycles. The van der Waals surface area contributed by atoms with E-state index in [1.54, 1.807) is 6.21 Å². The molecule has 0 rings (SSSR count). The molecule has 0 aromatic rings. The summed E-state index contributed by atoms with van der Waals surface area (Å²) in [4.78, 5) is 3.91. The first kappa shape index (κ1) is 8.85. The van der Waals surface area contributed by atoms with Crippen LogP contribution in [0.3, 0.4) is 0 Å². The Kier molecular flexibility index (Phi) is 4.62. The van der Waals surface area contributed by atoms with Gasteiger partial charge in [-0.2, -0.15) is 0 Å². The van der Waals surface area contributed by atoms with Gasteiger partial charge in [-0.3, -0.25) is 4.99 Å². The number of hydrogen-bond acceptors (Lipinski definition) is 2. The molecule has 0 unspecified atom stereocenters. The summed E-state index contributed by atoms with van der Waals surface area (Å²) >= 11 is 3.19. The lowest BCUT2D eigenvalue weighted by Crippen LogP contribution is -1.85. The van der Waals surface area contributed by atoms with E-state index in [-0.39, 0.29) is 6.61 Å². The quantitative estimate of drug-likeness (QED) is 0.524. The first-order chi connectivity index (χ1) is 4.22. The molecule has 3 heteroatoms. The second-order valence-electron chi connectivity index (χ2n) is 1.62. The molecule has 0 aliphatic rings. The van der Waals surface area contributed by atoms with Gasteiger partial charge >= 0.3 is 0 Å². The third-order valence-corrected chi connectivity index (χ3v) is 1.71. The molecule has 0 saturated carbocycles. The van der Waals surface area contributed by atoms with E-state index < -0.39 is 0 Å². The molecule has 0 saturated heterocycles. The maximum absolute atomic E-state index is 8.57. The van der Waals surface area contributed by atoms with Crippen molar-refractivity contribution in [2.45, 2.75) is 13.8 Å². The van der Waals surface area contributed by atoms with Crippen LogP contribution < -0.4 is 0 Å². The third-order valence-electron chi connectivity index (χ3n) is 0.832. The van der Waals surface area contributed by atoms with Crippen LogP contribution in [0.4, 0.5) is 0 Å². The maximum Gasteiger partial charge on any atom is 0.106 e. The predicted octanol–water partition coefficient (Wildman–Crippen LogP) is 1.70. The summed E-state index contributed by atoms with van der Waals surface area (Å²) in [6.07, 6.45) is 1.67. The number of halogens is 1. The van der Waals surface area contributed by atoms with Crippen LogP contribution in [0.25, 0.3) is 0 Å². The van der Waals surface area contributed by atoms with Gasteiger partial charge in [0.2, 0.25) is 0 Å². The Morgan fingerprint density at radius 1 is 1.78 bits per heavy atom. The van der Waals surface area contributed by atoms with Crippen LogP contribution in [0.2, 0.25) is 0 Å². The summed E-state index contributed by atoms with van der Waals surface area (Å²) in [7, 11) is 0. The van der Waals surface area contributed by atoms with Crippen molar-refractivity contribution in [1.29, 1.82) is 0 Å². The van der Waals surface area contributed by atoms with E-state index in [2.05, 4.69) is 20.9 Å². The Morgan fingerprint density at radius 2 is 2.33 bits per heavy atom. The van der Waals surface area contributed by atoms with Gasteiger partial charge in [0.1, 0.15) is 4.61 Å². The smallest absolute Gasteiger partial charge is 0.106 e. The Hall–Kier alpha value is -0.150. The second kappa shape index (κ2) is 4.70. The first-order valence-electron chi connectivity index (χ1n) is 2.67. The Morgan fingerprint density at radius 3 is 2.67 bits per heavy atom. The van der Waals surface area contributed by atoms with Crippen molar-refractivity contribution >= 4 is 22.1 Å². The normalized spacial score (nSPS) is 14.2. The summed E-state index contributed by atoms with van der Waals surface area (Å²) in [5, 5.41) is 8.57. The monoisotopic (exact) mass is 191 g/mol. The molecule has 0 amide bonds. The minimum Gasteiger partial charge on any atom is -0.392 e. The van der Waals surface area contributed by atoms with Gasteiger partial charge in [0, 0.05) is 6.21 Å². The average Bonchev–Trinajstić information content (AvgIpc) is 1.87. The summed E-state index contributed by atoms with van der Waals surface area (Å²) in [6.45, 7) is 3.70. The minimum absolute atomic E-state index is 0.0535. The van der Waals surface area contributed by atoms with Gasteiger partial charge in [-0.25, -0.2) is 0 Å². The van der Waals surface area contributed by atoms with Crippen molar-refractivity contribution in [2.24, 2.45) is 4.99 Å². The van der Waals surface area contributed by atoms with Gasteiger partial charge in [0.15, 0.2) is 0 Å². The van der Waals surface area contributed by atoms with Gasteiger partial charge in [0.05, 0.1) is 6.61 Å². The zero-order valence-corrected chi connectivity index (χ0v) is 7.14. The molecule has 0 aliphatic carbocycles. The molecule has 0 aliphatic heterocycles. The van der Waals surface area contributed by atoms with E-state index in [1.165, 1.54) is 0 Å². The van der Waals surface area contributed by atoms with Crippen LogP contribution in [0, 0.1) is 0 Å². The van der Waals surface area contributed by atoms with E-state index in [0.717, 1.165) is 5.57 Å². The highest BCUT2D eigenvalue weighted by molar-refractivity contribution is 9.11. The predicted molar refractivity (Wildman–Crippen MR) is 42.9 cm³/mol. The lowest BCUT2D eigenvalue weighted by molar-refractivity contribution is 0.331. The van der Waals surface area contributed by atoms with Gasteiger partial charge in [-0.1, -0.05) is 0 Å². The largest absolute Gasteiger partial charge is 0.392 e. The van der Waals surface area contributed by atoms with Crippen molar-refractivity contribution in [1.82, 2.24) is 0 Å². The van der Waals surface area contributed by atoms with Gasteiger partial charge in [-0.15, -0.1) is 0 Å². The Bertz CT molecular complexity index is 140. The van der Waals surface area contributed by atoms with Gasteiger partial charge in [-0.05, 0) is 35.4 Å². The minimum atomic E-state index is 0.0535. The van der Waals surface area contributed by atoms with E-state index in [4.69, 9.17) is 5.11 Å². The third kappa shape index (κ3) is 3.43. The zero-order chi connectivity index (χ0) is 7.28. The molecular weight excluding hydrogens is 182 g/mol. The highest BCUT2D eigenvalue weighted by Gasteiger charge is 1.91. The molecule has 1 N–H and O–H groups in total. The molecule has 0 radical (unpaired) electrons. The number of rotatable bonds is 2. The molecule has 0 heterocycles. The van der Waals surface area contributed by atoms with Gasteiger partial charge in [0.25, 0.3) is 0 Å². The first-order valence-corrected chi connectivity index (χ1v) is 3.46. The van der Waals surface area contributed by atoms with Crippen molar-refractivity contribution in [3.63, 3.8) is 0 Å². The highest BCUT2D eigenvalue weighted by atomic mass is 79.9. The van der Waals surface area contributed by atoms with Crippen LogP contribution in [0.15, 0.2) is 15.2 Å². The summed E-state index contributed by atoms with van der Waals surface area (Å²) in [5.41, 5.74) is 0.841. The number of aliphatic hydroxyl groups is 1. The number of aliphatic hydroxyl groups excluding tert-OH is 1. The molecule has 0 aromatic carbocycles. The lowest BCUT2D eigenvalue weighted by Gasteiger charge is -1.93. The SMILES string of the molecule is C/C=N\C(Br)=C(/C)CO. The van der Waals surface area contributed by atoms with E-state index in [0.29, 0.717) is 4.61 Å². The van der Waals surface area contributed by atoms with Crippen LogP contribution >= 0.6 is 15.9 Å². The summed E-state index contributed by atoms with van der Waals surface area (Å²) < 4.78 is 0.715. The molecule has 52 valence electrons. The van der Waals surface area contributed by atoms with Crippen molar-refractivity contribution in [3.05, 3.63) is 10.2 Å². The standard InChI is InChI=1S/C6H10BrNO/c1-3-8-6(7)5(2)4-9/h3,9H,4H2,1-2H3/b6-5+,8-3-. The van der Waals surface area contributed by atoms with E-state index in [9.17, 15) is 0 Å². The van der Waals surface area contributed by atoms with Crippen molar-refractivity contribution in [2.75, 3.05) is 6.61 Å². The molecular formula is C6H10BrNO. The molecule has 0 bridgehead atoms. The van der Waals surface area contributed by atoms with Crippen molar-refractivity contribution in [3.8, 4) is 0 Å². The summed E-state index contributed by atoms with van der Waals surface area (Å²) in [6, 6.07) is 0. The van der Waals surface area contributed by atoms with Crippen LogP contribution in [-0.4, -0.2) is 17.9 Å². The zero-order valence-electron chi connectivity index (χ0n) is 5.56. The second-order valence-corrected chi connectivity index (χ2v) is 2.37. The fourth-order valence-electron chi connectivity index (χ4n) is 0.289. The maximum atomic E-state index is 8.57. The topological polar surface area (TPSA) is 32.6 Å². The van der Waals surface area contributed by atoms with E-state index >= 15 is 0 Å². The van der Waals surface area contributed by atoms with Crippen LogP contribution in [-0.2, 0) is 0 Å². The molecule has 0 fully saturated rings. The number of nitrogens with zero attached hydrogens (tertiary/aromatic N) is 1. The van der Waals surface area contributed by atoms with Crippen LogP contribution in [0.5, 0.6) is 0 Å². The Balaban J connectivity index is 4.10. The number of hydrogen-bond donors (Lipinski definition) is 1. The molecule has 0 spiro atoms. The molecule has 0 atom stereocenters. The average molecular weight is 192 g/mol. The number of aliphatic imine (C=N–C) groups is 1. The van der Waals surface area contributed by atoms with Gasteiger partial charge < -0.3 is 5.11 Å². The fourth-order valence-corrected chi connectivity index (χ4v) is 0.619. The Labute approximate surface area is 63.4 Å². The lowest BCUT2D eigenvalue weighted by atomic mass is 10.4.